The van der Waals surface area contributed by atoms with Gasteiger partial charge in [-0.2, -0.15) is 0 Å². The Morgan fingerprint density at radius 2 is 1.55 bits per heavy atom. The van der Waals surface area contributed by atoms with E-state index in [1.54, 1.807) is 27.7 Å². The third kappa shape index (κ3) is 10.8. The molecule has 65 heavy (non-hydrogen) atoms. The summed E-state index contributed by atoms with van der Waals surface area (Å²) in [5, 5.41) is 0. The Hall–Kier alpha value is -3.58. The summed E-state index contributed by atoms with van der Waals surface area (Å²) in [6.45, 7) is 20.1. The Bertz CT molecular complexity index is 1820. The number of benzene rings is 1. The second-order valence-electron chi connectivity index (χ2n) is 19.9. The van der Waals surface area contributed by atoms with E-state index in [0.29, 0.717) is 19.3 Å². The number of rotatable bonds is 11. The first kappa shape index (κ1) is 50.8. The SMILES string of the molecule is CC[C@@H]1OC(=O)[C@H](C)[C@H](O[C@H]2C[C@](C)(OC)[C@H](OC(=O)OCc3ccccc3)[C@@H](C)O2)[C@H](C)[C@@H](O[C@@H]2O[C@H](C)C[C@H](N(C)C)[C@H]2OC(C)=O)[C@]2(C)C[C@@H](C)[C@H](O2)[C@H](C)[C@H]2OC(=O)O[C@]12C. The molecule has 19 atom stereocenters. The minimum absolute atomic E-state index is 0.0192. The molecule has 0 aliphatic carbocycles. The summed E-state index contributed by atoms with van der Waals surface area (Å²) in [7, 11) is 5.36. The molecule has 5 heterocycles. The largest absolute Gasteiger partial charge is 0.509 e. The fourth-order valence-corrected chi connectivity index (χ4v) is 11.2. The number of carbonyl (C=O) groups is 4. The fourth-order valence-electron chi connectivity index (χ4n) is 11.2. The Labute approximate surface area is 383 Å². The molecular formula is C48H73NO16. The molecule has 0 spiro atoms. The molecule has 0 N–H and O–H groups in total. The Kier molecular flexibility index (Phi) is 15.9. The molecule has 5 aliphatic rings. The van der Waals surface area contributed by atoms with Crippen molar-refractivity contribution in [2.24, 2.45) is 23.7 Å². The van der Waals surface area contributed by atoms with Crippen LogP contribution in [0.3, 0.4) is 0 Å². The van der Waals surface area contributed by atoms with Gasteiger partial charge in [-0.15, -0.1) is 0 Å². The molecule has 0 saturated carbocycles. The number of hydrogen-bond acceptors (Lipinski definition) is 17. The highest BCUT2D eigenvalue weighted by atomic mass is 16.8. The summed E-state index contributed by atoms with van der Waals surface area (Å²) in [4.78, 5) is 55.5. The van der Waals surface area contributed by atoms with Gasteiger partial charge in [-0.1, -0.05) is 58.0 Å². The minimum Gasteiger partial charge on any atom is -0.458 e. The molecule has 17 nitrogen and oxygen atoms in total. The van der Waals surface area contributed by atoms with Crippen LogP contribution in [0.25, 0.3) is 0 Å². The molecule has 5 saturated heterocycles. The summed E-state index contributed by atoms with van der Waals surface area (Å²) < 4.78 is 76.0. The first-order valence-corrected chi connectivity index (χ1v) is 23.2. The number of hydrogen-bond donors (Lipinski definition) is 0. The molecule has 5 fully saturated rings. The van der Waals surface area contributed by atoms with Crippen LogP contribution in [-0.2, 0) is 73.0 Å². The maximum Gasteiger partial charge on any atom is 0.509 e. The fraction of sp³-hybridized carbons (Fsp3) is 0.792. The lowest BCUT2D eigenvalue weighted by Crippen LogP contribution is -2.61. The van der Waals surface area contributed by atoms with Crippen LogP contribution in [-0.4, -0.2) is 141 Å². The van der Waals surface area contributed by atoms with Crippen molar-refractivity contribution in [2.45, 2.75) is 199 Å². The van der Waals surface area contributed by atoms with Gasteiger partial charge in [-0.05, 0) is 86.4 Å². The molecule has 1 aromatic rings. The number of likely N-dealkylation sites (N-methyl/N-ethyl adjacent to an activating group) is 1. The van der Waals surface area contributed by atoms with Gasteiger partial charge in [0.2, 0.25) is 0 Å². The van der Waals surface area contributed by atoms with Gasteiger partial charge in [0, 0.05) is 32.3 Å². The van der Waals surface area contributed by atoms with E-state index in [1.807, 2.05) is 83.9 Å². The molecular weight excluding hydrogens is 847 g/mol. The van der Waals surface area contributed by atoms with Crippen LogP contribution >= 0.6 is 0 Å². The van der Waals surface area contributed by atoms with Gasteiger partial charge in [-0.25, -0.2) is 9.59 Å². The van der Waals surface area contributed by atoms with E-state index < -0.39 is 120 Å². The predicted octanol–water partition coefficient (Wildman–Crippen LogP) is 6.74. The minimum atomic E-state index is -1.35. The Morgan fingerprint density at radius 3 is 2.18 bits per heavy atom. The average molecular weight is 920 g/mol. The number of esters is 2. The summed E-state index contributed by atoms with van der Waals surface area (Å²) >= 11 is 0. The van der Waals surface area contributed by atoms with E-state index in [2.05, 4.69) is 6.92 Å². The van der Waals surface area contributed by atoms with Crippen molar-refractivity contribution in [2.75, 3.05) is 21.2 Å². The number of fused-ring (bicyclic) bond motifs is 3. The number of methoxy groups -OCH3 is 1. The number of nitrogens with zero attached hydrogens (tertiary/aromatic N) is 1. The smallest absolute Gasteiger partial charge is 0.458 e. The van der Waals surface area contributed by atoms with Gasteiger partial charge in [-0.3, -0.25) is 9.59 Å². The first-order valence-electron chi connectivity index (χ1n) is 23.2. The van der Waals surface area contributed by atoms with Crippen molar-refractivity contribution < 1.29 is 76.0 Å². The lowest BCUT2D eigenvalue weighted by molar-refractivity contribution is -0.320. The predicted molar refractivity (Wildman–Crippen MR) is 232 cm³/mol. The normalized spacial score (nSPS) is 43.4. The zero-order valence-corrected chi connectivity index (χ0v) is 40.6. The van der Waals surface area contributed by atoms with Crippen LogP contribution in [0.5, 0.6) is 0 Å². The topological polar surface area (TPSA) is 182 Å². The van der Waals surface area contributed by atoms with Gasteiger partial charge in [0.25, 0.3) is 0 Å². The molecule has 0 aromatic heterocycles. The van der Waals surface area contributed by atoms with Crippen LogP contribution in [0.15, 0.2) is 30.3 Å². The van der Waals surface area contributed by atoms with E-state index in [-0.39, 0.29) is 31.1 Å². The van der Waals surface area contributed by atoms with Gasteiger partial charge < -0.3 is 61.7 Å². The zero-order chi connectivity index (χ0) is 47.8. The highest BCUT2D eigenvalue weighted by Crippen LogP contribution is 2.50. The van der Waals surface area contributed by atoms with Crippen LogP contribution in [0.4, 0.5) is 9.59 Å². The van der Waals surface area contributed by atoms with E-state index in [4.69, 9.17) is 56.8 Å². The second kappa shape index (κ2) is 20.3. The zero-order valence-electron chi connectivity index (χ0n) is 40.6. The third-order valence-corrected chi connectivity index (χ3v) is 14.5. The molecule has 0 amide bonds. The summed E-state index contributed by atoms with van der Waals surface area (Å²) in [5.74, 6) is -3.24. The summed E-state index contributed by atoms with van der Waals surface area (Å²) in [6, 6.07) is 9.01. The monoisotopic (exact) mass is 919 g/mol. The van der Waals surface area contributed by atoms with E-state index in [1.165, 1.54) is 14.0 Å². The number of carbonyl (C=O) groups excluding carboxylic acids is 4. The van der Waals surface area contributed by atoms with E-state index in [0.717, 1.165) is 5.56 Å². The Morgan fingerprint density at radius 1 is 0.862 bits per heavy atom. The maximum absolute atomic E-state index is 14.7. The van der Waals surface area contributed by atoms with Crippen molar-refractivity contribution in [3.05, 3.63) is 35.9 Å². The molecule has 17 heteroatoms. The average Bonchev–Trinajstić information content (AvgIpc) is 3.74. The summed E-state index contributed by atoms with van der Waals surface area (Å²) in [6.07, 6.45) is -9.12. The van der Waals surface area contributed by atoms with Crippen LogP contribution in [0, 0.1) is 23.7 Å². The molecule has 366 valence electrons. The van der Waals surface area contributed by atoms with E-state index in [9.17, 15) is 19.2 Å². The van der Waals surface area contributed by atoms with E-state index >= 15 is 0 Å². The quantitative estimate of drug-likeness (QED) is 0.168. The molecule has 2 bridgehead atoms. The van der Waals surface area contributed by atoms with Crippen molar-refractivity contribution in [3.63, 3.8) is 0 Å². The Balaban J connectivity index is 1.38. The molecule has 1 aromatic carbocycles. The van der Waals surface area contributed by atoms with Gasteiger partial charge >= 0.3 is 24.2 Å². The second-order valence-corrected chi connectivity index (χ2v) is 19.9. The van der Waals surface area contributed by atoms with Crippen molar-refractivity contribution in [3.8, 4) is 0 Å². The lowest BCUT2D eigenvalue weighted by atomic mass is 9.76. The molecule has 6 rings (SSSR count). The molecule has 5 aliphatic heterocycles. The molecule has 0 unspecified atom stereocenters. The lowest BCUT2D eigenvalue weighted by Gasteiger charge is -2.49. The highest BCUT2D eigenvalue weighted by Gasteiger charge is 2.62. The summed E-state index contributed by atoms with van der Waals surface area (Å²) in [5.41, 5.74) is -2.75. The first-order chi connectivity index (χ1) is 30.5. The van der Waals surface area contributed by atoms with Crippen molar-refractivity contribution in [1.29, 1.82) is 0 Å². The third-order valence-electron chi connectivity index (χ3n) is 14.5. The van der Waals surface area contributed by atoms with Crippen LogP contribution in [0.1, 0.15) is 107 Å². The highest BCUT2D eigenvalue weighted by molar-refractivity contribution is 5.73. The maximum atomic E-state index is 14.7. The van der Waals surface area contributed by atoms with Crippen molar-refractivity contribution in [1.82, 2.24) is 4.90 Å². The van der Waals surface area contributed by atoms with Gasteiger partial charge in [0.05, 0.1) is 48.1 Å². The standard InChI is InChI=1S/C48H73NO16/c1-15-34-48(11)40(62-45(53)65-48)27(4)36-25(2)22-47(10,64-36)39(61-43-38(58-31(8)50)33(49(12)13)21-26(3)56-43)28(5)37(29(6)42(51)59-34)60-35-23-46(9,54-14)41(30(7)57-35)63-44(52)55-24-32-19-17-16-18-20-32/h16-20,25-30,33-41,43H,15,21-24H2,1-14H3/t25-,26-,27+,28+,29-,30-,33+,34+,35+,36+,37-,38-,39-,40-,41-,43+,46+,47+,48-/m1/s1. The number of ether oxygens (including phenoxy) is 12. The van der Waals surface area contributed by atoms with Crippen LogP contribution in [0.2, 0.25) is 0 Å². The van der Waals surface area contributed by atoms with Gasteiger partial charge in [0.15, 0.2) is 36.5 Å². The van der Waals surface area contributed by atoms with Crippen molar-refractivity contribution >= 4 is 24.2 Å². The van der Waals surface area contributed by atoms with Gasteiger partial charge in [0.1, 0.15) is 18.3 Å². The van der Waals surface area contributed by atoms with Crippen LogP contribution < -0.4 is 0 Å². The molecule has 0 radical (unpaired) electrons. The number of cyclic esters (lactones) is 1.